The lowest BCUT2D eigenvalue weighted by atomic mass is 9.81. The van der Waals surface area contributed by atoms with Crippen molar-refractivity contribution >= 4 is 17.7 Å². The van der Waals surface area contributed by atoms with Gasteiger partial charge in [-0.05, 0) is 44.0 Å². The third-order valence-corrected chi connectivity index (χ3v) is 5.48. The number of amides is 1. The normalized spacial score (nSPS) is 18.4. The molecule has 0 radical (unpaired) electrons. The standard InChI is InChI=1S/C15H24N6OS/c1-11(2)21-14(17-18-19-21)23-12(3)13(22)20(4)15(10-16)8-6-5-7-9-15/h11-12H,5-9H2,1-4H3. The van der Waals surface area contributed by atoms with Gasteiger partial charge in [-0.15, -0.1) is 5.10 Å². The number of nitrogens with zero attached hydrogens (tertiary/aromatic N) is 6. The van der Waals surface area contributed by atoms with Crippen molar-refractivity contribution in [3.05, 3.63) is 0 Å². The molecule has 1 amide bonds. The molecule has 1 aromatic heterocycles. The smallest absolute Gasteiger partial charge is 0.236 e. The van der Waals surface area contributed by atoms with Crippen LogP contribution in [0.15, 0.2) is 5.16 Å². The zero-order valence-electron chi connectivity index (χ0n) is 14.2. The number of rotatable bonds is 5. The second-order valence-corrected chi connectivity index (χ2v) is 7.67. The highest BCUT2D eigenvalue weighted by Crippen LogP contribution is 2.34. The summed E-state index contributed by atoms with van der Waals surface area (Å²) in [5.74, 6) is -0.0447. The lowest BCUT2D eigenvalue weighted by molar-refractivity contribution is -0.133. The van der Waals surface area contributed by atoms with Crippen LogP contribution in [0.3, 0.4) is 0 Å². The first-order valence-electron chi connectivity index (χ1n) is 8.05. The molecule has 8 heteroatoms. The minimum Gasteiger partial charge on any atom is -0.326 e. The van der Waals surface area contributed by atoms with Crippen molar-refractivity contribution in [3.8, 4) is 6.07 Å². The Bertz CT molecular complexity index is 587. The number of aromatic nitrogens is 4. The highest BCUT2D eigenvalue weighted by Gasteiger charge is 2.40. The van der Waals surface area contributed by atoms with Gasteiger partial charge in [-0.2, -0.15) is 5.26 Å². The maximum absolute atomic E-state index is 12.8. The van der Waals surface area contributed by atoms with E-state index in [4.69, 9.17) is 0 Å². The fourth-order valence-electron chi connectivity index (χ4n) is 2.94. The Balaban J connectivity index is 2.09. The van der Waals surface area contributed by atoms with Crippen molar-refractivity contribution < 1.29 is 4.79 Å². The molecule has 1 fully saturated rings. The quantitative estimate of drug-likeness (QED) is 0.767. The Hall–Kier alpha value is -1.62. The first-order valence-corrected chi connectivity index (χ1v) is 8.92. The van der Waals surface area contributed by atoms with Gasteiger partial charge >= 0.3 is 0 Å². The number of tetrazole rings is 1. The fourth-order valence-corrected chi connectivity index (χ4v) is 3.95. The maximum atomic E-state index is 12.8. The van der Waals surface area contributed by atoms with Gasteiger partial charge in [-0.3, -0.25) is 4.79 Å². The van der Waals surface area contributed by atoms with E-state index >= 15 is 0 Å². The molecule has 1 heterocycles. The van der Waals surface area contributed by atoms with Gasteiger partial charge in [-0.1, -0.05) is 31.0 Å². The summed E-state index contributed by atoms with van der Waals surface area (Å²) in [7, 11) is 1.75. The summed E-state index contributed by atoms with van der Waals surface area (Å²) in [4.78, 5) is 14.4. The summed E-state index contributed by atoms with van der Waals surface area (Å²) in [6.07, 6.45) is 4.65. The molecule has 23 heavy (non-hydrogen) atoms. The van der Waals surface area contributed by atoms with Crippen LogP contribution in [0.5, 0.6) is 0 Å². The molecule has 1 aliphatic carbocycles. The molecule has 2 rings (SSSR count). The van der Waals surface area contributed by atoms with Crippen LogP contribution < -0.4 is 0 Å². The summed E-state index contributed by atoms with van der Waals surface area (Å²) in [6, 6.07) is 2.53. The van der Waals surface area contributed by atoms with Crippen molar-refractivity contribution in [1.82, 2.24) is 25.1 Å². The topological polar surface area (TPSA) is 87.7 Å². The Labute approximate surface area is 141 Å². The summed E-state index contributed by atoms with van der Waals surface area (Å²) < 4.78 is 1.70. The van der Waals surface area contributed by atoms with E-state index in [1.165, 1.54) is 11.8 Å². The van der Waals surface area contributed by atoms with Gasteiger partial charge < -0.3 is 4.90 Å². The molecular weight excluding hydrogens is 312 g/mol. The third kappa shape index (κ3) is 3.66. The average molecular weight is 336 g/mol. The van der Waals surface area contributed by atoms with E-state index in [1.807, 2.05) is 20.8 Å². The lowest BCUT2D eigenvalue weighted by Crippen LogP contribution is -2.52. The van der Waals surface area contributed by atoms with Crippen molar-refractivity contribution in [2.24, 2.45) is 0 Å². The van der Waals surface area contributed by atoms with E-state index in [2.05, 4.69) is 21.6 Å². The molecule has 0 saturated heterocycles. The van der Waals surface area contributed by atoms with Crippen LogP contribution in [-0.4, -0.2) is 48.9 Å². The number of carbonyl (C=O) groups excluding carboxylic acids is 1. The van der Waals surface area contributed by atoms with Gasteiger partial charge in [0.05, 0.1) is 17.4 Å². The minimum atomic E-state index is -0.659. The van der Waals surface area contributed by atoms with Gasteiger partial charge in [0.1, 0.15) is 5.54 Å². The van der Waals surface area contributed by atoms with E-state index in [9.17, 15) is 10.1 Å². The van der Waals surface area contributed by atoms with E-state index in [0.29, 0.717) is 5.16 Å². The number of hydrogen-bond acceptors (Lipinski definition) is 6. The molecule has 1 aromatic rings. The largest absolute Gasteiger partial charge is 0.326 e. The second-order valence-electron chi connectivity index (χ2n) is 6.36. The van der Waals surface area contributed by atoms with Crippen LogP contribution >= 0.6 is 11.8 Å². The molecule has 1 atom stereocenters. The Morgan fingerprint density at radius 3 is 2.57 bits per heavy atom. The first kappa shape index (κ1) is 17.7. The van der Waals surface area contributed by atoms with Gasteiger partial charge in [0, 0.05) is 7.05 Å². The van der Waals surface area contributed by atoms with E-state index < -0.39 is 5.54 Å². The van der Waals surface area contributed by atoms with Crippen LogP contribution in [0.4, 0.5) is 0 Å². The maximum Gasteiger partial charge on any atom is 0.236 e. The van der Waals surface area contributed by atoms with Gasteiger partial charge in [0.15, 0.2) is 0 Å². The number of carbonyl (C=O) groups is 1. The zero-order chi connectivity index (χ0) is 17.0. The van der Waals surface area contributed by atoms with E-state index in [-0.39, 0.29) is 17.2 Å². The van der Waals surface area contributed by atoms with Crippen LogP contribution in [0.25, 0.3) is 0 Å². The molecule has 0 bridgehead atoms. The molecule has 1 unspecified atom stereocenters. The molecule has 0 aromatic carbocycles. The number of thioether (sulfide) groups is 1. The van der Waals surface area contributed by atoms with Crippen LogP contribution in [0.2, 0.25) is 0 Å². The Morgan fingerprint density at radius 1 is 1.35 bits per heavy atom. The summed E-state index contributed by atoms with van der Waals surface area (Å²) in [5, 5.41) is 21.6. The lowest BCUT2D eigenvalue weighted by Gasteiger charge is -2.40. The summed E-state index contributed by atoms with van der Waals surface area (Å²) in [5.41, 5.74) is -0.659. The fraction of sp³-hybridized carbons (Fsp3) is 0.800. The first-order chi connectivity index (χ1) is 10.9. The van der Waals surface area contributed by atoms with Gasteiger partial charge in [0.2, 0.25) is 11.1 Å². The molecule has 1 saturated carbocycles. The Morgan fingerprint density at radius 2 is 2.00 bits per heavy atom. The summed E-state index contributed by atoms with van der Waals surface area (Å²) in [6.45, 7) is 5.83. The highest BCUT2D eigenvalue weighted by atomic mass is 32.2. The van der Waals surface area contributed by atoms with Crippen molar-refractivity contribution in [2.45, 2.75) is 74.9 Å². The molecule has 126 valence electrons. The predicted octanol–water partition coefficient (Wildman–Crippen LogP) is 2.42. The second kappa shape index (κ2) is 7.30. The van der Waals surface area contributed by atoms with Crippen molar-refractivity contribution in [1.29, 1.82) is 5.26 Å². The molecule has 0 aliphatic heterocycles. The SMILES string of the molecule is CC(Sc1nnnn1C(C)C)C(=O)N(C)C1(C#N)CCCCC1. The van der Waals surface area contributed by atoms with Gasteiger partial charge in [0.25, 0.3) is 0 Å². The Kier molecular flexibility index (Phi) is 5.63. The highest BCUT2D eigenvalue weighted by molar-refractivity contribution is 8.00. The van der Waals surface area contributed by atoms with E-state index in [0.717, 1.165) is 32.1 Å². The van der Waals surface area contributed by atoms with Crippen LogP contribution in [-0.2, 0) is 4.79 Å². The average Bonchev–Trinajstić information content (AvgIpc) is 3.02. The van der Waals surface area contributed by atoms with Crippen LogP contribution in [0.1, 0.15) is 58.9 Å². The molecule has 7 nitrogen and oxygen atoms in total. The summed E-state index contributed by atoms with van der Waals surface area (Å²) >= 11 is 1.34. The van der Waals surface area contributed by atoms with Crippen molar-refractivity contribution in [2.75, 3.05) is 7.05 Å². The number of hydrogen-bond donors (Lipinski definition) is 0. The van der Waals surface area contributed by atoms with Gasteiger partial charge in [-0.25, -0.2) is 4.68 Å². The molecule has 0 spiro atoms. The predicted molar refractivity (Wildman–Crippen MR) is 87.7 cm³/mol. The van der Waals surface area contributed by atoms with Crippen LogP contribution in [0, 0.1) is 11.3 Å². The zero-order valence-corrected chi connectivity index (χ0v) is 15.0. The van der Waals surface area contributed by atoms with Crippen molar-refractivity contribution in [3.63, 3.8) is 0 Å². The third-order valence-electron chi connectivity index (χ3n) is 4.44. The monoisotopic (exact) mass is 336 g/mol. The number of nitriles is 1. The van der Waals surface area contributed by atoms with E-state index in [1.54, 1.807) is 16.6 Å². The molecular formula is C15H24N6OS. The minimum absolute atomic E-state index is 0.0447. The molecule has 1 aliphatic rings. The molecule has 0 N–H and O–H groups in total.